The molecule has 0 bridgehead atoms. The van der Waals surface area contributed by atoms with Crippen molar-refractivity contribution in [1.82, 2.24) is 10.3 Å². The van der Waals surface area contributed by atoms with Crippen molar-refractivity contribution in [3.8, 4) is 11.1 Å². The Bertz CT molecular complexity index is 1040. The molecule has 0 aliphatic heterocycles. The van der Waals surface area contributed by atoms with Gasteiger partial charge in [-0.25, -0.2) is 4.98 Å². The Labute approximate surface area is 161 Å². The number of benzene rings is 2. The zero-order valence-corrected chi connectivity index (χ0v) is 15.5. The topological polar surface area (TPSA) is 71.1 Å². The third kappa shape index (κ3) is 4.06. The van der Waals surface area contributed by atoms with E-state index in [0.29, 0.717) is 16.6 Å². The van der Waals surface area contributed by atoms with Crippen LogP contribution in [0.4, 0.5) is 5.13 Å². The molecule has 2 aromatic carbocycles. The number of anilines is 1. The van der Waals surface area contributed by atoms with Crippen molar-refractivity contribution in [3.05, 3.63) is 60.7 Å². The first kappa shape index (κ1) is 17.4. The van der Waals surface area contributed by atoms with Crippen LogP contribution in [0, 0.1) is 5.92 Å². The van der Waals surface area contributed by atoms with E-state index in [9.17, 15) is 9.59 Å². The number of nitrogens with one attached hydrogen (secondary N) is 2. The zero-order valence-electron chi connectivity index (χ0n) is 14.7. The molecule has 0 unspecified atom stereocenters. The van der Waals surface area contributed by atoms with Crippen LogP contribution in [0.2, 0.25) is 0 Å². The number of fused-ring (bicyclic) bond motifs is 1. The van der Waals surface area contributed by atoms with Crippen LogP contribution in [0.3, 0.4) is 0 Å². The van der Waals surface area contributed by atoms with E-state index in [0.717, 1.165) is 27.9 Å². The summed E-state index contributed by atoms with van der Waals surface area (Å²) in [6.07, 6.45) is 3.64. The minimum absolute atomic E-state index is 0.0343. The van der Waals surface area contributed by atoms with Crippen LogP contribution in [0.15, 0.2) is 55.1 Å². The average Bonchev–Trinajstić information content (AvgIpc) is 3.44. The molecule has 1 aliphatic rings. The van der Waals surface area contributed by atoms with Gasteiger partial charge in [-0.3, -0.25) is 14.9 Å². The van der Waals surface area contributed by atoms with Crippen LogP contribution in [0.25, 0.3) is 21.3 Å². The minimum Gasteiger partial charge on any atom is -0.352 e. The highest BCUT2D eigenvalue weighted by molar-refractivity contribution is 7.22. The summed E-state index contributed by atoms with van der Waals surface area (Å²) in [6.45, 7) is 4.20. The quantitative estimate of drug-likeness (QED) is 0.632. The second kappa shape index (κ2) is 7.32. The normalized spacial score (nSPS) is 13.3. The van der Waals surface area contributed by atoms with Gasteiger partial charge in [0.25, 0.3) is 5.91 Å². The van der Waals surface area contributed by atoms with Crippen molar-refractivity contribution in [3.63, 3.8) is 0 Å². The van der Waals surface area contributed by atoms with Gasteiger partial charge in [0.2, 0.25) is 5.91 Å². The summed E-state index contributed by atoms with van der Waals surface area (Å²) in [4.78, 5) is 28.2. The Hall–Kier alpha value is -2.99. The Balaban J connectivity index is 1.57. The number of hydrogen-bond acceptors (Lipinski definition) is 4. The van der Waals surface area contributed by atoms with E-state index in [4.69, 9.17) is 0 Å². The van der Waals surface area contributed by atoms with Gasteiger partial charge in [-0.15, -0.1) is 0 Å². The van der Waals surface area contributed by atoms with Gasteiger partial charge in [0.1, 0.15) is 0 Å². The zero-order chi connectivity index (χ0) is 18.8. The Morgan fingerprint density at radius 1 is 1.19 bits per heavy atom. The molecular formula is C21H19N3O2S. The van der Waals surface area contributed by atoms with Crippen molar-refractivity contribution >= 4 is 38.5 Å². The second-order valence-corrected chi connectivity index (χ2v) is 7.66. The van der Waals surface area contributed by atoms with E-state index in [1.807, 2.05) is 42.5 Å². The van der Waals surface area contributed by atoms with Crippen molar-refractivity contribution in [2.45, 2.75) is 12.8 Å². The van der Waals surface area contributed by atoms with Gasteiger partial charge >= 0.3 is 0 Å². The van der Waals surface area contributed by atoms with Gasteiger partial charge in [0.05, 0.1) is 10.2 Å². The minimum atomic E-state index is -0.279. The Kier molecular flexibility index (Phi) is 4.73. The van der Waals surface area contributed by atoms with E-state index in [1.165, 1.54) is 30.3 Å². The molecule has 0 radical (unpaired) electrons. The standard InChI is InChI=1S/C21H19N3O2S/c1-2-19(25)24-21-23-17-11-15(8-9-18(17)27-21)14-4-3-5-16(10-14)20(26)22-12-13-6-7-13/h2-5,8-11,13H,1,6-7,12H2,(H,22,26)(H,23,24,25). The average molecular weight is 377 g/mol. The fraction of sp³-hybridized carbons (Fsp3) is 0.190. The lowest BCUT2D eigenvalue weighted by Crippen LogP contribution is -2.25. The maximum Gasteiger partial charge on any atom is 0.251 e. The van der Waals surface area contributed by atoms with Gasteiger partial charge in [-0.2, -0.15) is 0 Å². The molecule has 136 valence electrons. The molecule has 5 nitrogen and oxygen atoms in total. The van der Waals surface area contributed by atoms with Gasteiger partial charge in [0, 0.05) is 12.1 Å². The van der Waals surface area contributed by atoms with Crippen LogP contribution in [-0.4, -0.2) is 23.3 Å². The number of aromatic nitrogens is 1. The molecule has 0 spiro atoms. The predicted molar refractivity (Wildman–Crippen MR) is 109 cm³/mol. The molecule has 1 heterocycles. The van der Waals surface area contributed by atoms with Gasteiger partial charge < -0.3 is 5.32 Å². The summed E-state index contributed by atoms with van der Waals surface area (Å²) in [6, 6.07) is 13.5. The summed E-state index contributed by atoms with van der Waals surface area (Å²) in [7, 11) is 0. The first-order valence-electron chi connectivity index (χ1n) is 8.85. The van der Waals surface area contributed by atoms with Crippen LogP contribution in [0.1, 0.15) is 23.2 Å². The summed E-state index contributed by atoms with van der Waals surface area (Å²) < 4.78 is 0.983. The Morgan fingerprint density at radius 2 is 2.00 bits per heavy atom. The number of thiazole rings is 1. The molecular weight excluding hydrogens is 358 g/mol. The molecule has 0 saturated heterocycles. The second-order valence-electron chi connectivity index (χ2n) is 6.63. The maximum atomic E-state index is 12.3. The first-order valence-corrected chi connectivity index (χ1v) is 9.66. The molecule has 6 heteroatoms. The Morgan fingerprint density at radius 3 is 2.78 bits per heavy atom. The molecule has 1 saturated carbocycles. The number of amides is 2. The molecule has 2 amide bonds. The molecule has 2 N–H and O–H groups in total. The monoisotopic (exact) mass is 377 g/mol. The van der Waals surface area contributed by atoms with Crippen LogP contribution in [-0.2, 0) is 4.79 Å². The fourth-order valence-electron chi connectivity index (χ4n) is 2.82. The highest BCUT2D eigenvalue weighted by atomic mass is 32.1. The summed E-state index contributed by atoms with van der Waals surface area (Å²) in [5.41, 5.74) is 3.40. The highest BCUT2D eigenvalue weighted by Crippen LogP contribution is 2.31. The first-order chi connectivity index (χ1) is 13.1. The summed E-state index contributed by atoms with van der Waals surface area (Å²) in [5.74, 6) is 0.340. The van der Waals surface area contributed by atoms with Crippen molar-refractivity contribution in [2.24, 2.45) is 5.92 Å². The van der Waals surface area contributed by atoms with E-state index in [1.54, 1.807) is 0 Å². The summed E-state index contributed by atoms with van der Waals surface area (Å²) >= 11 is 1.41. The molecule has 0 atom stereocenters. The molecule has 1 fully saturated rings. The fourth-order valence-corrected chi connectivity index (χ4v) is 3.67. The largest absolute Gasteiger partial charge is 0.352 e. The van der Waals surface area contributed by atoms with Crippen LogP contribution in [0.5, 0.6) is 0 Å². The molecule has 27 heavy (non-hydrogen) atoms. The third-order valence-electron chi connectivity index (χ3n) is 4.51. The van der Waals surface area contributed by atoms with Crippen LogP contribution < -0.4 is 10.6 Å². The van der Waals surface area contributed by atoms with Crippen molar-refractivity contribution in [2.75, 3.05) is 11.9 Å². The lowest BCUT2D eigenvalue weighted by molar-refractivity contribution is -0.111. The number of rotatable bonds is 6. The SMILES string of the molecule is C=CC(=O)Nc1nc2cc(-c3cccc(C(=O)NCC4CC4)c3)ccc2s1. The van der Waals surface area contributed by atoms with Gasteiger partial charge in [-0.1, -0.05) is 36.1 Å². The van der Waals surface area contributed by atoms with Crippen molar-refractivity contribution < 1.29 is 9.59 Å². The lowest BCUT2D eigenvalue weighted by atomic mass is 10.0. The molecule has 1 aromatic heterocycles. The van der Waals surface area contributed by atoms with Crippen molar-refractivity contribution in [1.29, 1.82) is 0 Å². The predicted octanol–water partition coefficient (Wildman–Crippen LogP) is 4.23. The molecule has 4 rings (SSSR count). The number of carbonyl (C=O) groups excluding carboxylic acids is 2. The van der Waals surface area contributed by atoms with E-state index >= 15 is 0 Å². The maximum absolute atomic E-state index is 12.3. The number of carbonyl (C=O) groups is 2. The smallest absolute Gasteiger partial charge is 0.251 e. The van der Waals surface area contributed by atoms with Crippen LogP contribution >= 0.6 is 11.3 Å². The molecule has 1 aliphatic carbocycles. The summed E-state index contributed by atoms with van der Waals surface area (Å²) in [5, 5.41) is 6.23. The van der Waals surface area contributed by atoms with E-state index in [-0.39, 0.29) is 11.8 Å². The van der Waals surface area contributed by atoms with Gasteiger partial charge in [-0.05, 0) is 60.2 Å². The third-order valence-corrected chi connectivity index (χ3v) is 5.46. The highest BCUT2D eigenvalue weighted by Gasteiger charge is 2.21. The molecule has 3 aromatic rings. The van der Waals surface area contributed by atoms with Gasteiger partial charge in [0.15, 0.2) is 5.13 Å². The lowest BCUT2D eigenvalue weighted by Gasteiger charge is -2.07. The van der Waals surface area contributed by atoms with E-state index < -0.39 is 0 Å². The number of nitrogens with zero attached hydrogens (tertiary/aromatic N) is 1. The number of hydrogen-bond donors (Lipinski definition) is 2. The van der Waals surface area contributed by atoms with E-state index in [2.05, 4.69) is 22.2 Å².